The van der Waals surface area contributed by atoms with Gasteiger partial charge in [-0.15, -0.1) is 0 Å². The minimum absolute atomic E-state index is 0.179. The first kappa shape index (κ1) is 44.0. The van der Waals surface area contributed by atoms with Crippen LogP contribution < -0.4 is 5.32 Å². The molecule has 9 nitrogen and oxygen atoms in total. The summed E-state index contributed by atoms with van der Waals surface area (Å²) in [6.45, 7) is 3.74. The molecule has 1 heterocycles. The van der Waals surface area contributed by atoms with Crippen LogP contribution >= 0.6 is 0 Å². The Labute approximate surface area is 286 Å². The second-order valence-corrected chi connectivity index (χ2v) is 13.7. The number of ether oxygens (including phenoxy) is 2. The van der Waals surface area contributed by atoms with E-state index in [0.29, 0.717) is 6.42 Å². The molecule has 1 aliphatic rings. The van der Waals surface area contributed by atoms with Gasteiger partial charge >= 0.3 is 0 Å². The molecule has 0 aromatic rings. The van der Waals surface area contributed by atoms with E-state index < -0.39 is 49.5 Å². The molecule has 0 aliphatic carbocycles. The Bertz CT molecular complexity index is 751. The van der Waals surface area contributed by atoms with Crippen LogP contribution in [-0.2, 0) is 14.3 Å². The SMILES string of the molecule is CCCCCCCCCCCCC/C=C/[C@H](O)[C@H](CO[C@H]1O[C@H](CO)[C@H](O)[C@H](O)[C@H]1O)NC(=O)CCCCCCCCCCCCC. The molecule has 47 heavy (non-hydrogen) atoms. The average molecular weight is 672 g/mol. The molecular formula is C38H73NO8. The van der Waals surface area contributed by atoms with Crippen molar-refractivity contribution in [1.29, 1.82) is 0 Å². The van der Waals surface area contributed by atoms with Gasteiger partial charge in [0.2, 0.25) is 5.91 Å². The van der Waals surface area contributed by atoms with Crippen molar-refractivity contribution in [1.82, 2.24) is 5.32 Å². The van der Waals surface area contributed by atoms with E-state index in [-0.39, 0.29) is 12.5 Å². The molecule has 278 valence electrons. The largest absolute Gasteiger partial charge is 0.394 e. The summed E-state index contributed by atoms with van der Waals surface area (Å²) in [5.41, 5.74) is 0. The number of nitrogens with one attached hydrogen (secondary N) is 1. The highest BCUT2D eigenvalue weighted by Crippen LogP contribution is 2.22. The lowest BCUT2D eigenvalue weighted by atomic mass is 9.99. The zero-order chi connectivity index (χ0) is 34.5. The molecule has 0 radical (unpaired) electrons. The second-order valence-electron chi connectivity index (χ2n) is 13.7. The third kappa shape index (κ3) is 21.6. The van der Waals surface area contributed by atoms with Crippen molar-refractivity contribution < 1.29 is 39.8 Å². The summed E-state index contributed by atoms with van der Waals surface area (Å²) in [4.78, 5) is 12.8. The Hall–Kier alpha value is -1.07. The standard InChI is InChI=1S/C38H73NO8/c1-3-5-7-9-11-13-15-16-18-19-21-23-25-27-32(41)31(30-46-38-37(45)36(44)35(43)33(29-40)47-38)39-34(42)28-26-24-22-20-17-14-12-10-8-6-4-2/h25,27,31-33,35-38,40-41,43-45H,3-24,26,28-30H2,1-2H3,(H,39,42)/b27-25+/t31-,32-,33+,35-,36-,37+,38-/m0/s1. The van der Waals surface area contributed by atoms with Crippen molar-refractivity contribution in [3.8, 4) is 0 Å². The van der Waals surface area contributed by atoms with E-state index in [0.717, 1.165) is 38.5 Å². The number of aliphatic hydroxyl groups is 5. The fourth-order valence-corrected chi connectivity index (χ4v) is 6.15. The molecule has 0 aromatic heterocycles. The first-order valence-corrected chi connectivity index (χ1v) is 19.4. The van der Waals surface area contributed by atoms with Gasteiger partial charge in [0.1, 0.15) is 24.4 Å². The minimum atomic E-state index is -1.56. The zero-order valence-corrected chi connectivity index (χ0v) is 30.0. The van der Waals surface area contributed by atoms with E-state index in [1.165, 1.54) is 109 Å². The van der Waals surface area contributed by atoms with E-state index in [1.54, 1.807) is 6.08 Å². The second kappa shape index (κ2) is 29.8. The summed E-state index contributed by atoms with van der Waals surface area (Å²) in [5.74, 6) is -0.179. The van der Waals surface area contributed by atoms with Crippen LogP contribution in [0.25, 0.3) is 0 Å². The highest BCUT2D eigenvalue weighted by molar-refractivity contribution is 5.76. The summed E-state index contributed by atoms with van der Waals surface area (Å²) in [6, 6.07) is -0.795. The quantitative estimate of drug-likeness (QED) is 0.0357. The van der Waals surface area contributed by atoms with Crippen LogP contribution in [0, 0.1) is 0 Å². The molecule has 0 unspecified atom stereocenters. The summed E-state index contributed by atoms with van der Waals surface area (Å²) >= 11 is 0. The smallest absolute Gasteiger partial charge is 0.220 e. The molecule has 7 atom stereocenters. The van der Waals surface area contributed by atoms with Crippen LogP contribution in [0.5, 0.6) is 0 Å². The Morgan fingerprint density at radius 3 is 1.66 bits per heavy atom. The maximum absolute atomic E-state index is 12.8. The van der Waals surface area contributed by atoms with Gasteiger partial charge in [0.05, 0.1) is 25.4 Å². The van der Waals surface area contributed by atoms with E-state index >= 15 is 0 Å². The lowest BCUT2D eigenvalue weighted by Crippen LogP contribution is -2.60. The molecule has 1 amide bonds. The zero-order valence-electron chi connectivity index (χ0n) is 30.0. The lowest BCUT2D eigenvalue weighted by molar-refractivity contribution is -0.302. The van der Waals surface area contributed by atoms with Crippen molar-refractivity contribution in [3.63, 3.8) is 0 Å². The minimum Gasteiger partial charge on any atom is -0.394 e. The average Bonchev–Trinajstić information content (AvgIpc) is 3.07. The summed E-state index contributed by atoms with van der Waals surface area (Å²) in [5, 5.41) is 53.8. The van der Waals surface area contributed by atoms with E-state index in [4.69, 9.17) is 9.47 Å². The van der Waals surface area contributed by atoms with Gasteiger partial charge in [-0.3, -0.25) is 4.79 Å². The number of hydrogen-bond acceptors (Lipinski definition) is 8. The van der Waals surface area contributed by atoms with Gasteiger partial charge in [0, 0.05) is 6.42 Å². The fourth-order valence-electron chi connectivity index (χ4n) is 6.15. The first-order chi connectivity index (χ1) is 22.8. The number of rotatable bonds is 31. The van der Waals surface area contributed by atoms with Gasteiger partial charge in [0.25, 0.3) is 0 Å². The van der Waals surface area contributed by atoms with Crippen molar-refractivity contribution in [2.24, 2.45) is 0 Å². The lowest BCUT2D eigenvalue weighted by Gasteiger charge is -2.40. The maximum Gasteiger partial charge on any atom is 0.220 e. The number of unbranched alkanes of at least 4 members (excludes halogenated alkanes) is 21. The van der Waals surface area contributed by atoms with Crippen LogP contribution in [0.4, 0.5) is 0 Å². The summed E-state index contributed by atoms with van der Waals surface area (Å²) in [6.07, 6.45) is 23.9. The van der Waals surface area contributed by atoms with Gasteiger partial charge in [-0.2, -0.15) is 0 Å². The molecule has 6 N–H and O–H groups in total. The van der Waals surface area contributed by atoms with E-state index in [9.17, 15) is 30.3 Å². The number of amides is 1. The third-order valence-corrected chi connectivity index (χ3v) is 9.36. The fraction of sp³-hybridized carbons (Fsp3) is 0.921. The molecule has 1 aliphatic heterocycles. The molecule has 1 fully saturated rings. The summed E-state index contributed by atoms with van der Waals surface area (Å²) < 4.78 is 11.1. The number of hydrogen-bond donors (Lipinski definition) is 6. The number of carbonyl (C=O) groups excluding carboxylic acids is 1. The highest BCUT2D eigenvalue weighted by Gasteiger charge is 2.44. The topological polar surface area (TPSA) is 149 Å². The van der Waals surface area contributed by atoms with Crippen LogP contribution in [0.15, 0.2) is 12.2 Å². The van der Waals surface area contributed by atoms with E-state index in [1.807, 2.05) is 6.08 Å². The predicted octanol–water partition coefficient (Wildman–Crippen LogP) is 6.61. The Morgan fingerprint density at radius 1 is 0.702 bits per heavy atom. The highest BCUT2D eigenvalue weighted by atomic mass is 16.7. The molecule has 9 heteroatoms. The Balaban J connectivity index is 2.46. The Kier molecular flexibility index (Phi) is 27.9. The molecule has 0 saturated carbocycles. The van der Waals surface area contributed by atoms with Crippen LogP contribution in [0.3, 0.4) is 0 Å². The van der Waals surface area contributed by atoms with Gasteiger partial charge < -0.3 is 40.3 Å². The van der Waals surface area contributed by atoms with Crippen molar-refractivity contribution in [3.05, 3.63) is 12.2 Å². The molecule has 1 rings (SSSR count). The van der Waals surface area contributed by atoms with Gasteiger partial charge in [-0.25, -0.2) is 0 Å². The van der Waals surface area contributed by atoms with Gasteiger partial charge in [0.15, 0.2) is 6.29 Å². The van der Waals surface area contributed by atoms with Gasteiger partial charge in [-0.05, 0) is 19.3 Å². The van der Waals surface area contributed by atoms with E-state index in [2.05, 4.69) is 19.2 Å². The van der Waals surface area contributed by atoms with Crippen molar-refractivity contribution in [2.75, 3.05) is 13.2 Å². The third-order valence-electron chi connectivity index (χ3n) is 9.36. The Morgan fingerprint density at radius 2 is 1.17 bits per heavy atom. The first-order valence-electron chi connectivity index (χ1n) is 19.4. The number of carbonyl (C=O) groups is 1. The monoisotopic (exact) mass is 672 g/mol. The normalized spacial score (nSPS) is 22.9. The number of allylic oxidation sites excluding steroid dienone is 1. The maximum atomic E-state index is 12.8. The predicted molar refractivity (Wildman–Crippen MR) is 189 cm³/mol. The van der Waals surface area contributed by atoms with Gasteiger partial charge in [-0.1, -0.05) is 154 Å². The molecule has 1 saturated heterocycles. The van der Waals surface area contributed by atoms with Crippen LogP contribution in [0.1, 0.15) is 168 Å². The summed E-state index contributed by atoms with van der Waals surface area (Å²) in [7, 11) is 0. The van der Waals surface area contributed by atoms with Crippen molar-refractivity contribution in [2.45, 2.75) is 211 Å². The number of aliphatic hydroxyl groups excluding tert-OH is 5. The molecule has 0 spiro atoms. The van der Waals surface area contributed by atoms with Crippen molar-refractivity contribution >= 4 is 5.91 Å². The molecule has 0 bridgehead atoms. The van der Waals surface area contributed by atoms with Crippen LogP contribution in [-0.4, -0.2) is 87.5 Å². The molecule has 0 aromatic carbocycles. The van der Waals surface area contributed by atoms with Crippen LogP contribution in [0.2, 0.25) is 0 Å². The molecular weight excluding hydrogens is 598 g/mol.